The fourth-order valence-electron chi connectivity index (χ4n) is 1.94. The van der Waals surface area contributed by atoms with Gasteiger partial charge in [0.25, 0.3) is 3.79 Å². The number of nitrogens with one attached hydrogen (secondary N) is 1. The smallest absolute Gasteiger partial charge is 0.310 e. The first-order chi connectivity index (χ1) is 11.9. The highest BCUT2D eigenvalue weighted by Crippen LogP contribution is 2.40. The SMILES string of the molecule is CC(=O)OC1C(N=[N+]=[N-])C(OC(=N)C(Cl)(Cl)Cl)OC(CN=[N+]=[N-])C1(F)F. The van der Waals surface area contributed by atoms with Gasteiger partial charge < -0.3 is 14.2 Å². The number of rotatable bonds is 5. The molecule has 0 aliphatic carbocycles. The van der Waals surface area contributed by atoms with Crippen LogP contribution in [0, 0.1) is 5.41 Å². The number of ether oxygens (including phenoxy) is 3. The van der Waals surface area contributed by atoms with E-state index in [1.807, 2.05) is 0 Å². The zero-order chi connectivity index (χ0) is 20.1. The quantitative estimate of drug-likeness (QED) is 0.132. The summed E-state index contributed by atoms with van der Waals surface area (Å²) in [6.45, 7) is -0.0361. The third kappa shape index (κ3) is 5.37. The van der Waals surface area contributed by atoms with E-state index in [0.29, 0.717) is 0 Å². The molecule has 0 spiro atoms. The van der Waals surface area contributed by atoms with Gasteiger partial charge in [0.1, 0.15) is 12.1 Å². The topological polar surface area (TPSA) is 166 Å². The Hall–Kier alpha value is -1.75. The molecule has 0 saturated carbocycles. The maximum absolute atomic E-state index is 14.6. The predicted octanol–water partition coefficient (Wildman–Crippen LogP) is 3.63. The summed E-state index contributed by atoms with van der Waals surface area (Å²) in [6, 6.07) is -1.94. The van der Waals surface area contributed by atoms with E-state index >= 15 is 0 Å². The van der Waals surface area contributed by atoms with Crippen molar-refractivity contribution in [1.82, 2.24) is 0 Å². The van der Waals surface area contributed by atoms with Crippen LogP contribution in [0.2, 0.25) is 0 Å². The molecule has 1 aliphatic rings. The molecule has 4 unspecified atom stereocenters. The molecule has 0 amide bonds. The molecule has 144 valence electrons. The Labute approximate surface area is 159 Å². The summed E-state index contributed by atoms with van der Waals surface area (Å²) in [6.07, 6.45) is -6.38. The summed E-state index contributed by atoms with van der Waals surface area (Å²) in [7, 11) is 0. The van der Waals surface area contributed by atoms with Gasteiger partial charge in [-0.15, -0.1) is 0 Å². The van der Waals surface area contributed by atoms with E-state index in [1.54, 1.807) is 0 Å². The zero-order valence-electron chi connectivity index (χ0n) is 12.7. The Bertz CT molecular complexity index is 663. The number of carbonyl (C=O) groups is 1. The van der Waals surface area contributed by atoms with E-state index in [-0.39, 0.29) is 0 Å². The van der Waals surface area contributed by atoms with Crippen LogP contribution in [0.25, 0.3) is 20.9 Å². The Kier molecular flexibility index (Phi) is 7.51. The first-order valence-electron chi connectivity index (χ1n) is 6.53. The van der Waals surface area contributed by atoms with Gasteiger partial charge in [0.15, 0.2) is 6.10 Å². The van der Waals surface area contributed by atoms with Gasteiger partial charge in [-0.25, -0.2) is 0 Å². The van der Waals surface area contributed by atoms with Gasteiger partial charge in [-0.2, -0.15) is 8.78 Å². The van der Waals surface area contributed by atoms with Gasteiger partial charge >= 0.3 is 11.9 Å². The Morgan fingerprint density at radius 2 is 1.96 bits per heavy atom. The van der Waals surface area contributed by atoms with Crippen LogP contribution in [0.1, 0.15) is 6.92 Å². The van der Waals surface area contributed by atoms with Crippen molar-refractivity contribution in [2.45, 2.75) is 41.2 Å². The van der Waals surface area contributed by atoms with Gasteiger partial charge in [0.05, 0.1) is 6.54 Å². The van der Waals surface area contributed by atoms with Crippen LogP contribution in [0.3, 0.4) is 0 Å². The van der Waals surface area contributed by atoms with Crippen molar-refractivity contribution in [2.75, 3.05) is 6.54 Å². The number of alkyl halides is 5. The van der Waals surface area contributed by atoms with Crippen LogP contribution in [-0.4, -0.2) is 52.7 Å². The highest BCUT2D eigenvalue weighted by molar-refractivity contribution is 6.76. The van der Waals surface area contributed by atoms with Crippen LogP contribution in [-0.2, 0) is 19.0 Å². The van der Waals surface area contributed by atoms with E-state index in [9.17, 15) is 13.6 Å². The van der Waals surface area contributed by atoms with Crippen LogP contribution in [0.5, 0.6) is 0 Å². The van der Waals surface area contributed by atoms with Gasteiger partial charge in [0, 0.05) is 16.7 Å². The average molecular weight is 437 g/mol. The highest BCUT2D eigenvalue weighted by Gasteiger charge is 2.61. The molecule has 0 radical (unpaired) electrons. The lowest BCUT2D eigenvalue weighted by Gasteiger charge is -2.43. The van der Waals surface area contributed by atoms with Gasteiger partial charge in [-0.05, 0) is 11.1 Å². The fraction of sp³-hybridized carbons (Fsp3) is 0.800. The first-order valence-corrected chi connectivity index (χ1v) is 7.66. The van der Waals surface area contributed by atoms with E-state index in [4.69, 9.17) is 60.7 Å². The van der Waals surface area contributed by atoms with Crippen molar-refractivity contribution in [3.8, 4) is 0 Å². The third-order valence-electron chi connectivity index (χ3n) is 2.98. The zero-order valence-corrected chi connectivity index (χ0v) is 15.0. The van der Waals surface area contributed by atoms with Crippen molar-refractivity contribution < 1.29 is 27.8 Å². The average Bonchev–Trinajstić information content (AvgIpc) is 2.51. The molecular formula is C10H10Cl3F2N7O4. The number of halogens is 5. The Balaban J connectivity index is 3.32. The minimum absolute atomic E-state index is 0.848. The maximum atomic E-state index is 14.6. The molecule has 0 aromatic carbocycles. The van der Waals surface area contributed by atoms with Crippen LogP contribution in [0.15, 0.2) is 10.2 Å². The second-order valence-electron chi connectivity index (χ2n) is 4.75. The van der Waals surface area contributed by atoms with Crippen LogP contribution < -0.4 is 0 Å². The van der Waals surface area contributed by atoms with Crippen molar-refractivity contribution in [3.63, 3.8) is 0 Å². The lowest BCUT2D eigenvalue weighted by molar-refractivity contribution is -0.295. The van der Waals surface area contributed by atoms with Crippen molar-refractivity contribution >= 4 is 46.7 Å². The molecule has 0 bridgehead atoms. The second kappa shape index (κ2) is 8.76. The summed E-state index contributed by atoms with van der Waals surface area (Å²) >= 11 is 16.3. The second-order valence-corrected chi connectivity index (χ2v) is 7.03. The number of hydrogen-bond acceptors (Lipinski definition) is 7. The molecule has 1 fully saturated rings. The maximum Gasteiger partial charge on any atom is 0.310 e. The summed E-state index contributed by atoms with van der Waals surface area (Å²) in [5, 5.41) is 13.6. The van der Waals surface area contributed by atoms with E-state index in [2.05, 4.69) is 24.8 Å². The lowest BCUT2D eigenvalue weighted by Crippen LogP contribution is -2.64. The minimum atomic E-state index is -3.93. The highest BCUT2D eigenvalue weighted by atomic mass is 35.6. The molecule has 0 aromatic rings. The molecule has 1 aliphatic heterocycles. The monoisotopic (exact) mass is 435 g/mol. The summed E-state index contributed by atoms with van der Waals surface area (Å²) in [5.74, 6) is -6.08. The van der Waals surface area contributed by atoms with Gasteiger partial charge in [-0.1, -0.05) is 45.0 Å². The molecular weight excluding hydrogens is 427 g/mol. The predicted molar refractivity (Wildman–Crippen MR) is 85.2 cm³/mol. The number of carbonyl (C=O) groups excluding carboxylic acids is 1. The number of nitrogens with zero attached hydrogens (tertiary/aromatic N) is 6. The normalized spacial score (nSPS) is 27.5. The number of hydrogen-bond donors (Lipinski definition) is 1. The summed E-state index contributed by atoms with van der Waals surface area (Å²) in [5.41, 5.74) is 16.9. The number of esters is 1. The molecule has 11 nitrogen and oxygen atoms in total. The summed E-state index contributed by atoms with van der Waals surface area (Å²) in [4.78, 5) is 15.9. The molecule has 1 saturated heterocycles. The van der Waals surface area contributed by atoms with E-state index in [0.717, 1.165) is 6.92 Å². The van der Waals surface area contributed by atoms with Gasteiger partial charge in [0.2, 0.25) is 12.2 Å². The fourth-order valence-corrected chi connectivity index (χ4v) is 2.08. The third-order valence-corrected chi connectivity index (χ3v) is 3.49. The van der Waals surface area contributed by atoms with Crippen molar-refractivity contribution in [2.24, 2.45) is 10.2 Å². The largest absolute Gasteiger partial charge is 0.455 e. The molecule has 16 heteroatoms. The molecule has 0 aromatic heterocycles. The Morgan fingerprint density at radius 1 is 1.35 bits per heavy atom. The standard InChI is InChI=1S/C10H10Cl3F2N7O4/c1-3(23)24-6-5(20-22-18)7(26-8(16)10(11,12)13)25-4(2-19-21-17)9(6,14)15/h4-7,16H,2H2,1H3. The van der Waals surface area contributed by atoms with Crippen molar-refractivity contribution in [1.29, 1.82) is 5.41 Å². The summed E-state index contributed by atoms with van der Waals surface area (Å²) < 4.78 is 41.2. The molecule has 4 atom stereocenters. The Morgan fingerprint density at radius 3 is 2.42 bits per heavy atom. The number of azide groups is 2. The van der Waals surface area contributed by atoms with Crippen LogP contribution in [0.4, 0.5) is 8.78 Å². The molecule has 26 heavy (non-hydrogen) atoms. The van der Waals surface area contributed by atoms with E-state index in [1.165, 1.54) is 0 Å². The molecule has 1 rings (SSSR count). The van der Waals surface area contributed by atoms with Gasteiger partial charge in [-0.3, -0.25) is 10.2 Å². The van der Waals surface area contributed by atoms with Crippen LogP contribution >= 0.6 is 34.8 Å². The molecule has 1 N–H and O–H groups in total. The van der Waals surface area contributed by atoms with Crippen molar-refractivity contribution in [3.05, 3.63) is 20.9 Å². The minimum Gasteiger partial charge on any atom is -0.455 e. The van der Waals surface area contributed by atoms with E-state index < -0.39 is 52.7 Å². The first kappa shape index (κ1) is 22.3. The molecule has 1 heterocycles. The lowest BCUT2D eigenvalue weighted by atomic mass is 9.95.